The summed E-state index contributed by atoms with van der Waals surface area (Å²) in [5, 5.41) is 5.59. The Kier molecular flexibility index (Phi) is 6.89. The second kappa shape index (κ2) is 8.92. The Bertz CT molecular complexity index is 639. The highest BCUT2D eigenvalue weighted by atomic mass is 16.2. The molecule has 0 spiro atoms. The van der Waals surface area contributed by atoms with Crippen LogP contribution in [0.15, 0.2) is 18.2 Å². The van der Waals surface area contributed by atoms with Crippen LogP contribution in [-0.2, 0) is 11.3 Å². The molecular formula is C20H32N4O2. The van der Waals surface area contributed by atoms with E-state index in [1.165, 1.54) is 12.8 Å². The quantitative estimate of drug-likeness (QED) is 0.748. The van der Waals surface area contributed by atoms with E-state index in [-0.39, 0.29) is 17.9 Å². The molecule has 1 aromatic carbocycles. The topological polar surface area (TPSA) is 64.7 Å². The van der Waals surface area contributed by atoms with Crippen LogP contribution in [0.25, 0.3) is 0 Å². The van der Waals surface area contributed by atoms with E-state index in [0.29, 0.717) is 19.0 Å². The molecule has 144 valence electrons. The first-order valence-corrected chi connectivity index (χ1v) is 9.45. The number of carbonyl (C=O) groups is 2. The van der Waals surface area contributed by atoms with Gasteiger partial charge in [-0.1, -0.05) is 13.8 Å². The molecule has 1 saturated carbocycles. The molecule has 26 heavy (non-hydrogen) atoms. The van der Waals surface area contributed by atoms with Gasteiger partial charge in [-0.2, -0.15) is 0 Å². The van der Waals surface area contributed by atoms with Crippen molar-refractivity contribution in [3.05, 3.63) is 23.8 Å². The van der Waals surface area contributed by atoms with Crippen LogP contribution in [0.5, 0.6) is 0 Å². The van der Waals surface area contributed by atoms with Crippen molar-refractivity contribution >= 4 is 23.3 Å². The van der Waals surface area contributed by atoms with E-state index in [1.807, 2.05) is 62.9 Å². The van der Waals surface area contributed by atoms with Crippen molar-refractivity contribution < 1.29 is 9.59 Å². The summed E-state index contributed by atoms with van der Waals surface area (Å²) in [5.41, 5.74) is 2.84. The second-order valence-electron chi connectivity index (χ2n) is 7.54. The van der Waals surface area contributed by atoms with Gasteiger partial charge in [0, 0.05) is 51.0 Å². The first-order valence-electron chi connectivity index (χ1n) is 9.45. The van der Waals surface area contributed by atoms with Gasteiger partial charge >= 0.3 is 6.03 Å². The van der Waals surface area contributed by atoms with E-state index in [1.54, 1.807) is 0 Å². The largest absolute Gasteiger partial charge is 0.377 e. The lowest BCUT2D eigenvalue weighted by Gasteiger charge is -2.27. The molecule has 2 N–H and O–H groups in total. The van der Waals surface area contributed by atoms with Crippen LogP contribution in [0, 0.1) is 11.8 Å². The highest BCUT2D eigenvalue weighted by Crippen LogP contribution is 2.32. The summed E-state index contributed by atoms with van der Waals surface area (Å²) in [6.45, 7) is 7.73. The van der Waals surface area contributed by atoms with Crippen LogP contribution in [0.2, 0.25) is 0 Å². The minimum absolute atomic E-state index is 0.0202. The molecule has 1 aliphatic carbocycles. The number of nitrogens with one attached hydrogen (secondary N) is 2. The fourth-order valence-corrected chi connectivity index (χ4v) is 2.98. The molecule has 0 aliphatic heterocycles. The lowest BCUT2D eigenvalue weighted by Crippen LogP contribution is -2.36. The average Bonchev–Trinajstić information content (AvgIpc) is 3.37. The Morgan fingerprint density at radius 1 is 1.23 bits per heavy atom. The summed E-state index contributed by atoms with van der Waals surface area (Å²) in [6, 6.07) is 5.64. The van der Waals surface area contributed by atoms with E-state index in [0.717, 1.165) is 23.5 Å². The number of nitrogens with zero attached hydrogens (tertiary/aromatic N) is 2. The highest BCUT2D eigenvalue weighted by Gasteiger charge is 2.28. The van der Waals surface area contributed by atoms with E-state index in [4.69, 9.17) is 0 Å². The number of hydrogen-bond donors (Lipinski definition) is 2. The Morgan fingerprint density at radius 2 is 1.92 bits per heavy atom. The van der Waals surface area contributed by atoms with Crippen LogP contribution in [0.3, 0.4) is 0 Å². The van der Waals surface area contributed by atoms with Crippen molar-refractivity contribution in [1.82, 2.24) is 10.2 Å². The first kappa shape index (κ1) is 20.1. The maximum Gasteiger partial charge on any atom is 0.319 e. The highest BCUT2D eigenvalue weighted by molar-refractivity contribution is 5.89. The molecule has 2 rings (SSSR count). The summed E-state index contributed by atoms with van der Waals surface area (Å²) in [4.78, 5) is 28.5. The third-order valence-corrected chi connectivity index (χ3v) is 4.50. The predicted octanol–water partition coefficient (Wildman–Crippen LogP) is 3.29. The average molecular weight is 361 g/mol. The normalized spacial score (nSPS) is 13.5. The zero-order chi connectivity index (χ0) is 19.3. The van der Waals surface area contributed by atoms with Gasteiger partial charge in [-0.3, -0.25) is 4.79 Å². The van der Waals surface area contributed by atoms with Gasteiger partial charge in [0.1, 0.15) is 0 Å². The van der Waals surface area contributed by atoms with Gasteiger partial charge < -0.3 is 20.4 Å². The molecule has 1 aliphatic rings. The molecule has 0 aromatic heterocycles. The molecule has 6 heteroatoms. The molecule has 6 nitrogen and oxygen atoms in total. The monoisotopic (exact) mass is 360 g/mol. The van der Waals surface area contributed by atoms with Crippen molar-refractivity contribution in [1.29, 1.82) is 0 Å². The lowest BCUT2D eigenvalue weighted by atomic mass is 10.1. The number of amides is 3. The van der Waals surface area contributed by atoms with Gasteiger partial charge in [0.15, 0.2) is 0 Å². The standard InChI is InChI=1S/C20H32N4O2/c1-6-21-20(26)22-17-9-10-18(23(4)5)16(11-17)13-24(12-15-7-8-15)19(25)14(2)3/h9-11,14-15H,6-8,12-13H2,1-5H3,(H2,21,22,26). The third kappa shape index (κ3) is 5.64. The van der Waals surface area contributed by atoms with Crippen molar-refractivity contribution in [2.24, 2.45) is 11.8 Å². The molecule has 1 fully saturated rings. The Morgan fingerprint density at radius 3 is 2.46 bits per heavy atom. The number of benzene rings is 1. The molecule has 0 unspecified atom stereocenters. The maximum absolute atomic E-state index is 12.7. The summed E-state index contributed by atoms with van der Waals surface area (Å²) in [6.07, 6.45) is 2.42. The fourth-order valence-electron chi connectivity index (χ4n) is 2.98. The molecule has 0 saturated heterocycles. The lowest BCUT2D eigenvalue weighted by molar-refractivity contribution is -0.135. The minimum atomic E-state index is -0.218. The minimum Gasteiger partial charge on any atom is -0.377 e. The molecule has 0 radical (unpaired) electrons. The number of hydrogen-bond acceptors (Lipinski definition) is 3. The summed E-state index contributed by atoms with van der Waals surface area (Å²) >= 11 is 0. The van der Waals surface area contributed by atoms with Gasteiger partial charge in [0.05, 0.1) is 0 Å². The number of anilines is 2. The van der Waals surface area contributed by atoms with Crippen LogP contribution >= 0.6 is 0 Å². The smallest absolute Gasteiger partial charge is 0.319 e. The fraction of sp³-hybridized carbons (Fsp3) is 0.600. The Hall–Kier alpha value is -2.24. The van der Waals surface area contributed by atoms with Crippen LogP contribution < -0.4 is 15.5 Å². The van der Waals surface area contributed by atoms with Crippen LogP contribution in [0.1, 0.15) is 39.2 Å². The molecule has 0 bridgehead atoms. The summed E-state index contributed by atoms with van der Waals surface area (Å²) in [5.74, 6) is 0.800. The molecule has 0 atom stereocenters. The zero-order valence-electron chi connectivity index (χ0n) is 16.6. The summed E-state index contributed by atoms with van der Waals surface area (Å²) < 4.78 is 0. The third-order valence-electron chi connectivity index (χ3n) is 4.50. The zero-order valence-corrected chi connectivity index (χ0v) is 16.6. The van der Waals surface area contributed by atoms with Crippen molar-refractivity contribution in [3.8, 4) is 0 Å². The van der Waals surface area contributed by atoms with Gasteiger partial charge in [0.25, 0.3) is 0 Å². The van der Waals surface area contributed by atoms with Gasteiger partial charge in [-0.15, -0.1) is 0 Å². The van der Waals surface area contributed by atoms with E-state index < -0.39 is 0 Å². The van der Waals surface area contributed by atoms with E-state index in [9.17, 15) is 9.59 Å². The maximum atomic E-state index is 12.7. The molecular weight excluding hydrogens is 328 g/mol. The van der Waals surface area contributed by atoms with Crippen molar-refractivity contribution in [3.63, 3.8) is 0 Å². The van der Waals surface area contributed by atoms with E-state index >= 15 is 0 Å². The number of urea groups is 1. The van der Waals surface area contributed by atoms with Crippen molar-refractivity contribution in [2.75, 3.05) is 37.4 Å². The molecule has 0 heterocycles. The molecule has 1 aromatic rings. The van der Waals surface area contributed by atoms with E-state index in [2.05, 4.69) is 10.6 Å². The van der Waals surface area contributed by atoms with Crippen LogP contribution in [0.4, 0.5) is 16.2 Å². The van der Waals surface area contributed by atoms with Gasteiger partial charge in [-0.05, 0) is 49.4 Å². The first-order chi connectivity index (χ1) is 12.3. The van der Waals surface area contributed by atoms with Gasteiger partial charge in [-0.25, -0.2) is 4.79 Å². The number of rotatable bonds is 8. The van der Waals surface area contributed by atoms with Crippen LogP contribution in [-0.4, -0.2) is 44.0 Å². The Balaban J connectivity index is 2.24. The van der Waals surface area contributed by atoms with Crippen molar-refractivity contribution in [2.45, 2.75) is 40.2 Å². The second-order valence-corrected chi connectivity index (χ2v) is 7.54. The number of carbonyl (C=O) groups excluding carboxylic acids is 2. The van der Waals surface area contributed by atoms with Gasteiger partial charge in [0.2, 0.25) is 5.91 Å². The molecule has 3 amide bonds. The SMILES string of the molecule is CCNC(=O)Nc1ccc(N(C)C)c(CN(CC2CC2)C(=O)C(C)C)c1. The Labute approximate surface area is 156 Å². The summed E-state index contributed by atoms with van der Waals surface area (Å²) in [7, 11) is 3.98. The predicted molar refractivity (Wildman–Crippen MR) is 106 cm³/mol.